The second kappa shape index (κ2) is 7.64. The first-order valence-corrected chi connectivity index (χ1v) is 9.22. The third kappa shape index (κ3) is 3.64. The summed E-state index contributed by atoms with van der Waals surface area (Å²) in [5, 5.41) is 0. The molecule has 142 valence electrons. The molecule has 3 aromatic rings. The molecule has 0 unspecified atom stereocenters. The van der Waals surface area contributed by atoms with E-state index in [-0.39, 0.29) is 11.7 Å². The second-order valence-electron chi connectivity index (χ2n) is 6.74. The molecule has 0 atom stereocenters. The molecule has 0 bridgehead atoms. The highest BCUT2D eigenvalue weighted by Crippen LogP contribution is 2.17. The molecule has 7 nitrogen and oxygen atoms in total. The van der Waals surface area contributed by atoms with Crippen molar-refractivity contribution in [2.75, 3.05) is 31.1 Å². The Hall–Kier alpha value is -3.48. The van der Waals surface area contributed by atoms with Crippen molar-refractivity contribution in [3.63, 3.8) is 0 Å². The minimum Gasteiger partial charge on any atom is -0.353 e. The lowest BCUT2D eigenvalue weighted by Crippen LogP contribution is -2.49. The summed E-state index contributed by atoms with van der Waals surface area (Å²) in [6.45, 7) is 4.18. The maximum atomic E-state index is 12.7. The van der Waals surface area contributed by atoms with Crippen LogP contribution in [-0.4, -0.2) is 57.3 Å². The maximum Gasteiger partial charge on any atom is 0.253 e. The Bertz CT molecular complexity index is 974. The zero-order chi connectivity index (χ0) is 19.5. The Morgan fingerprint density at radius 3 is 2.11 bits per heavy atom. The molecule has 7 heteroatoms. The maximum absolute atomic E-state index is 12.7. The van der Waals surface area contributed by atoms with Crippen LogP contribution in [0.5, 0.6) is 0 Å². The molecule has 1 fully saturated rings. The molecule has 0 aliphatic carbocycles. The summed E-state index contributed by atoms with van der Waals surface area (Å²) in [6, 6.07) is 12.7. The highest BCUT2D eigenvalue weighted by molar-refractivity contribution is 5.97. The molecular weight excluding hydrogens is 354 g/mol. The number of hydrogen-bond donors (Lipinski definition) is 0. The molecular formula is C21H21N5O2. The summed E-state index contributed by atoms with van der Waals surface area (Å²) in [4.78, 5) is 36.8. The Labute approximate surface area is 163 Å². The van der Waals surface area contributed by atoms with Gasteiger partial charge in [-0.3, -0.25) is 9.59 Å². The van der Waals surface area contributed by atoms with Gasteiger partial charge in [-0.15, -0.1) is 0 Å². The Kier molecular flexibility index (Phi) is 4.89. The summed E-state index contributed by atoms with van der Waals surface area (Å²) in [6.07, 6.45) is 5.46. The van der Waals surface area contributed by atoms with E-state index in [2.05, 4.69) is 14.9 Å². The average molecular weight is 375 g/mol. The van der Waals surface area contributed by atoms with Crippen molar-refractivity contribution in [3.05, 3.63) is 72.3 Å². The number of carbonyl (C=O) groups is 2. The van der Waals surface area contributed by atoms with Crippen molar-refractivity contribution in [2.24, 2.45) is 0 Å². The molecule has 2 aromatic heterocycles. The van der Waals surface area contributed by atoms with Crippen LogP contribution in [0.4, 0.5) is 5.82 Å². The SMILES string of the molecule is CC(=O)c1ccc(C(=O)N2CCN(c3cc(-n4cccc4)ncn3)CC2)cc1. The number of amides is 1. The lowest BCUT2D eigenvalue weighted by atomic mass is 10.1. The Morgan fingerprint density at radius 2 is 1.46 bits per heavy atom. The monoisotopic (exact) mass is 375 g/mol. The third-order valence-corrected chi connectivity index (χ3v) is 4.94. The molecule has 1 aliphatic heterocycles. The number of anilines is 1. The van der Waals surface area contributed by atoms with Gasteiger partial charge in [-0.1, -0.05) is 12.1 Å². The number of piperazine rings is 1. The lowest BCUT2D eigenvalue weighted by Gasteiger charge is -2.35. The van der Waals surface area contributed by atoms with Crippen LogP contribution in [0.15, 0.2) is 61.2 Å². The second-order valence-corrected chi connectivity index (χ2v) is 6.74. The number of aromatic nitrogens is 3. The molecule has 28 heavy (non-hydrogen) atoms. The first-order chi connectivity index (χ1) is 13.6. The van der Waals surface area contributed by atoms with Crippen molar-refractivity contribution in [2.45, 2.75) is 6.92 Å². The first-order valence-electron chi connectivity index (χ1n) is 9.22. The molecule has 3 heterocycles. The van der Waals surface area contributed by atoms with E-state index in [0.29, 0.717) is 37.3 Å². The van der Waals surface area contributed by atoms with Gasteiger partial charge < -0.3 is 14.4 Å². The predicted octanol–water partition coefficient (Wildman–Crippen LogP) is 2.43. The van der Waals surface area contributed by atoms with E-state index < -0.39 is 0 Å². The summed E-state index contributed by atoms with van der Waals surface area (Å²) in [5.74, 6) is 1.66. The van der Waals surface area contributed by atoms with Crippen molar-refractivity contribution in [1.82, 2.24) is 19.4 Å². The fraction of sp³-hybridized carbons (Fsp3) is 0.238. The minimum atomic E-state index is -0.00882. The summed E-state index contributed by atoms with van der Waals surface area (Å²) >= 11 is 0. The van der Waals surface area contributed by atoms with Gasteiger partial charge in [-0.25, -0.2) is 9.97 Å². The number of rotatable bonds is 4. The van der Waals surface area contributed by atoms with Crippen LogP contribution in [0, 0.1) is 0 Å². The number of nitrogens with zero attached hydrogens (tertiary/aromatic N) is 5. The van der Waals surface area contributed by atoms with Crippen LogP contribution in [0.25, 0.3) is 5.82 Å². The Balaban J connectivity index is 1.41. The Morgan fingerprint density at radius 1 is 0.857 bits per heavy atom. The number of hydrogen-bond acceptors (Lipinski definition) is 5. The average Bonchev–Trinajstić information content (AvgIpc) is 3.28. The molecule has 4 rings (SSSR count). The normalized spacial score (nSPS) is 14.2. The lowest BCUT2D eigenvalue weighted by molar-refractivity contribution is 0.0746. The van der Waals surface area contributed by atoms with E-state index in [0.717, 1.165) is 11.6 Å². The highest BCUT2D eigenvalue weighted by atomic mass is 16.2. The van der Waals surface area contributed by atoms with Crippen molar-refractivity contribution >= 4 is 17.5 Å². The van der Waals surface area contributed by atoms with Crippen LogP contribution in [-0.2, 0) is 0 Å². The van der Waals surface area contributed by atoms with Gasteiger partial charge in [0.15, 0.2) is 5.78 Å². The van der Waals surface area contributed by atoms with E-state index in [1.807, 2.05) is 40.1 Å². The first kappa shape index (κ1) is 17.9. The number of Topliss-reactive ketones (excluding diaryl/α,β-unsaturated/α-hetero) is 1. The molecule has 0 saturated carbocycles. The van der Waals surface area contributed by atoms with Gasteiger partial charge in [0.2, 0.25) is 0 Å². The third-order valence-electron chi connectivity index (χ3n) is 4.94. The zero-order valence-corrected chi connectivity index (χ0v) is 15.7. The highest BCUT2D eigenvalue weighted by Gasteiger charge is 2.23. The molecule has 0 N–H and O–H groups in total. The van der Waals surface area contributed by atoms with Crippen LogP contribution in [0.1, 0.15) is 27.6 Å². The van der Waals surface area contributed by atoms with Crippen LogP contribution < -0.4 is 4.90 Å². The fourth-order valence-electron chi connectivity index (χ4n) is 3.31. The van der Waals surface area contributed by atoms with Gasteiger partial charge in [0.05, 0.1) is 0 Å². The quantitative estimate of drug-likeness (QED) is 0.655. The van der Waals surface area contributed by atoms with Gasteiger partial charge in [-0.2, -0.15) is 0 Å². The summed E-state index contributed by atoms with van der Waals surface area (Å²) in [7, 11) is 0. The van der Waals surface area contributed by atoms with Crippen LogP contribution in [0.2, 0.25) is 0 Å². The van der Waals surface area contributed by atoms with Gasteiger partial charge in [0.25, 0.3) is 5.91 Å². The molecule has 1 aliphatic rings. The molecule has 0 spiro atoms. The zero-order valence-electron chi connectivity index (χ0n) is 15.7. The summed E-state index contributed by atoms with van der Waals surface area (Å²) < 4.78 is 1.94. The van der Waals surface area contributed by atoms with Gasteiger partial charge in [0, 0.05) is 55.8 Å². The largest absolute Gasteiger partial charge is 0.353 e. The standard InChI is InChI=1S/C21H21N5O2/c1-16(27)17-4-6-18(7-5-17)21(28)26-12-10-25(11-13-26)20-14-19(22-15-23-20)24-8-2-3-9-24/h2-9,14-15H,10-13H2,1H3. The minimum absolute atomic E-state index is 0.00301. The van der Waals surface area contributed by atoms with Gasteiger partial charge in [-0.05, 0) is 31.2 Å². The van der Waals surface area contributed by atoms with Crippen LogP contribution >= 0.6 is 0 Å². The summed E-state index contributed by atoms with van der Waals surface area (Å²) in [5.41, 5.74) is 1.22. The van der Waals surface area contributed by atoms with Gasteiger partial charge in [0.1, 0.15) is 18.0 Å². The number of ketones is 1. The van der Waals surface area contributed by atoms with E-state index in [4.69, 9.17) is 0 Å². The molecule has 1 amide bonds. The molecule has 0 radical (unpaired) electrons. The van der Waals surface area contributed by atoms with Crippen molar-refractivity contribution in [1.29, 1.82) is 0 Å². The van der Waals surface area contributed by atoms with E-state index >= 15 is 0 Å². The topological polar surface area (TPSA) is 71.3 Å². The van der Waals surface area contributed by atoms with E-state index in [1.165, 1.54) is 6.92 Å². The molecule has 1 saturated heterocycles. The predicted molar refractivity (Wildman–Crippen MR) is 106 cm³/mol. The fourth-order valence-corrected chi connectivity index (χ4v) is 3.31. The molecule has 1 aromatic carbocycles. The van der Waals surface area contributed by atoms with Gasteiger partial charge >= 0.3 is 0 Å². The number of carbonyl (C=O) groups excluding carboxylic acids is 2. The number of benzene rings is 1. The van der Waals surface area contributed by atoms with E-state index in [9.17, 15) is 9.59 Å². The smallest absolute Gasteiger partial charge is 0.253 e. The van der Waals surface area contributed by atoms with Crippen LogP contribution in [0.3, 0.4) is 0 Å². The van der Waals surface area contributed by atoms with Crippen molar-refractivity contribution < 1.29 is 9.59 Å². The van der Waals surface area contributed by atoms with Crippen molar-refractivity contribution in [3.8, 4) is 5.82 Å². The van der Waals surface area contributed by atoms with E-state index in [1.54, 1.807) is 30.6 Å².